The van der Waals surface area contributed by atoms with Crippen LogP contribution in [0.1, 0.15) is 12.5 Å². The number of anilines is 1. The SMILES string of the molecule is C/C(=N/NC(=O)CN1C(=O)COc2ccccc21)c1cccc(Cl)c1. The van der Waals surface area contributed by atoms with Gasteiger partial charge in [-0.05, 0) is 36.8 Å². The summed E-state index contributed by atoms with van der Waals surface area (Å²) >= 11 is 5.95. The zero-order chi connectivity index (χ0) is 17.8. The summed E-state index contributed by atoms with van der Waals surface area (Å²) in [6, 6.07) is 14.3. The maximum absolute atomic E-state index is 12.2. The molecule has 0 radical (unpaired) electrons. The summed E-state index contributed by atoms with van der Waals surface area (Å²) < 4.78 is 5.35. The fourth-order valence-corrected chi connectivity index (χ4v) is 2.62. The van der Waals surface area contributed by atoms with E-state index in [2.05, 4.69) is 10.5 Å². The van der Waals surface area contributed by atoms with Crippen molar-refractivity contribution in [1.29, 1.82) is 0 Å². The molecule has 0 bridgehead atoms. The molecular formula is C18H16ClN3O3. The molecule has 1 heterocycles. The second-order valence-corrected chi connectivity index (χ2v) is 5.92. The molecule has 3 rings (SSSR count). The molecule has 2 aromatic rings. The minimum Gasteiger partial charge on any atom is -0.482 e. The molecule has 2 aromatic carbocycles. The number of hydrogen-bond acceptors (Lipinski definition) is 4. The number of fused-ring (bicyclic) bond motifs is 1. The predicted molar refractivity (Wildman–Crippen MR) is 96.1 cm³/mol. The second-order valence-electron chi connectivity index (χ2n) is 5.48. The molecule has 1 aliphatic heterocycles. The Kier molecular flexibility index (Phi) is 5.00. The van der Waals surface area contributed by atoms with E-state index in [1.165, 1.54) is 4.90 Å². The fraction of sp³-hybridized carbons (Fsp3) is 0.167. The topological polar surface area (TPSA) is 71.0 Å². The van der Waals surface area contributed by atoms with E-state index < -0.39 is 5.91 Å². The summed E-state index contributed by atoms with van der Waals surface area (Å²) in [5.41, 5.74) is 4.47. The van der Waals surface area contributed by atoms with Gasteiger partial charge in [0.1, 0.15) is 12.3 Å². The molecule has 0 fully saturated rings. The maximum atomic E-state index is 12.2. The number of amides is 2. The summed E-state index contributed by atoms with van der Waals surface area (Å²) in [7, 11) is 0. The molecule has 128 valence electrons. The quantitative estimate of drug-likeness (QED) is 0.675. The van der Waals surface area contributed by atoms with Crippen LogP contribution in [0.3, 0.4) is 0 Å². The summed E-state index contributed by atoms with van der Waals surface area (Å²) in [4.78, 5) is 25.6. The Morgan fingerprint density at radius 1 is 1.28 bits per heavy atom. The van der Waals surface area contributed by atoms with Crippen molar-refractivity contribution in [1.82, 2.24) is 5.43 Å². The van der Waals surface area contributed by atoms with E-state index in [1.54, 1.807) is 37.3 Å². The monoisotopic (exact) mass is 357 g/mol. The lowest BCUT2D eigenvalue weighted by Gasteiger charge is -2.28. The number of rotatable bonds is 4. The second kappa shape index (κ2) is 7.36. The minimum absolute atomic E-state index is 0.0882. The predicted octanol–water partition coefficient (Wildman–Crippen LogP) is 2.61. The number of nitrogens with zero attached hydrogens (tertiary/aromatic N) is 2. The molecule has 1 aliphatic rings. The molecule has 25 heavy (non-hydrogen) atoms. The number of carbonyl (C=O) groups excluding carboxylic acids is 2. The lowest BCUT2D eigenvalue weighted by molar-refractivity contribution is -0.125. The molecule has 0 aromatic heterocycles. The highest BCUT2D eigenvalue weighted by Gasteiger charge is 2.26. The Hall–Kier alpha value is -2.86. The molecule has 0 saturated carbocycles. The van der Waals surface area contributed by atoms with Gasteiger partial charge in [0.15, 0.2) is 6.61 Å². The molecule has 0 spiro atoms. The molecule has 2 amide bonds. The lowest BCUT2D eigenvalue weighted by Crippen LogP contribution is -2.44. The van der Waals surface area contributed by atoms with Gasteiger partial charge in [-0.25, -0.2) is 5.43 Å². The van der Waals surface area contributed by atoms with Gasteiger partial charge in [-0.2, -0.15) is 5.10 Å². The Bertz CT molecular complexity index is 851. The standard InChI is InChI=1S/C18H16ClN3O3/c1-12(13-5-4-6-14(19)9-13)20-21-17(23)10-22-15-7-2-3-8-16(15)25-11-18(22)24/h2-9H,10-11H2,1H3,(H,21,23)/b20-12-. The van der Waals surface area contributed by atoms with E-state index in [0.29, 0.717) is 22.2 Å². The van der Waals surface area contributed by atoms with Gasteiger partial charge in [0.2, 0.25) is 0 Å². The zero-order valence-electron chi connectivity index (χ0n) is 13.5. The number of nitrogens with one attached hydrogen (secondary N) is 1. The molecule has 7 heteroatoms. The lowest BCUT2D eigenvalue weighted by atomic mass is 10.1. The third-order valence-corrected chi connectivity index (χ3v) is 3.94. The van der Waals surface area contributed by atoms with E-state index >= 15 is 0 Å². The number of benzene rings is 2. The Labute approximate surface area is 150 Å². The zero-order valence-corrected chi connectivity index (χ0v) is 14.3. The largest absolute Gasteiger partial charge is 0.482 e. The van der Waals surface area contributed by atoms with E-state index in [9.17, 15) is 9.59 Å². The van der Waals surface area contributed by atoms with Crippen molar-refractivity contribution < 1.29 is 14.3 Å². The van der Waals surface area contributed by atoms with Gasteiger partial charge in [0, 0.05) is 5.02 Å². The van der Waals surface area contributed by atoms with Gasteiger partial charge in [-0.3, -0.25) is 14.5 Å². The molecule has 0 aliphatic carbocycles. The average molecular weight is 358 g/mol. The van der Waals surface area contributed by atoms with Crippen LogP contribution in [-0.2, 0) is 9.59 Å². The van der Waals surface area contributed by atoms with Gasteiger partial charge in [-0.15, -0.1) is 0 Å². The van der Waals surface area contributed by atoms with Crippen LogP contribution in [0.2, 0.25) is 5.02 Å². The van der Waals surface area contributed by atoms with Crippen molar-refractivity contribution in [3.63, 3.8) is 0 Å². The van der Waals surface area contributed by atoms with Crippen molar-refractivity contribution in [3.05, 3.63) is 59.1 Å². The van der Waals surface area contributed by atoms with Crippen LogP contribution in [-0.4, -0.2) is 30.7 Å². The van der Waals surface area contributed by atoms with Crippen LogP contribution in [0.4, 0.5) is 5.69 Å². The molecule has 6 nitrogen and oxygen atoms in total. The molecular weight excluding hydrogens is 342 g/mol. The summed E-state index contributed by atoms with van der Waals surface area (Å²) in [6.45, 7) is 1.54. The Morgan fingerprint density at radius 2 is 2.08 bits per heavy atom. The third-order valence-electron chi connectivity index (χ3n) is 3.70. The fourth-order valence-electron chi connectivity index (χ4n) is 2.43. The van der Waals surface area contributed by atoms with Crippen LogP contribution in [0.5, 0.6) is 5.75 Å². The minimum atomic E-state index is -0.397. The smallest absolute Gasteiger partial charge is 0.265 e. The Morgan fingerprint density at radius 3 is 2.88 bits per heavy atom. The van der Waals surface area contributed by atoms with Crippen molar-refractivity contribution in [2.45, 2.75) is 6.92 Å². The van der Waals surface area contributed by atoms with Crippen LogP contribution >= 0.6 is 11.6 Å². The first-order valence-corrected chi connectivity index (χ1v) is 8.03. The summed E-state index contributed by atoms with van der Waals surface area (Å²) in [5, 5.41) is 4.66. The van der Waals surface area contributed by atoms with Gasteiger partial charge in [0.25, 0.3) is 11.8 Å². The average Bonchev–Trinajstić information content (AvgIpc) is 2.62. The number of hydrogen-bond donors (Lipinski definition) is 1. The highest BCUT2D eigenvalue weighted by Crippen LogP contribution is 2.31. The van der Waals surface area contributed by atoms with Gasteiger partial charge in [0.05, 0.1) is 11.4 Å². The van der Waals surface area contributed by atoms with Crippen LogP contribution in [0.25, 0.3) is 0 Å². The number of ether oxygens (including phenoxy) is 1. The van der Waals surface area contributed by atoms with E-state index in [4.69, 9.17) is 16.3 Å². The molecule has 0 saturated heterocycles. The van der Waals surface area contributed by atoms with Crippen molar-refractivity contribution in [2.75, 3.05) is 18.1 Å². The number of hydrazone groups is 1. The molecule has 0 unspecified atom stereocenters. The summed E-state index contributed by atoms with van der Waals surface area (Å²) in [6.07, 6.45) is 0. The normalized spacial score (nSPS) is 13.9. The third kappa shape index (κ3) is 3.97. The van der Waals surface area contributed by atoms with E-state index in [1.807, 2.05) is 18.2 Å². The first-order valence-electron chi connectivity index (χ1n) is 7.66. The molecule has 0 atom stereocenters. The number of carbonyl (C=O) groups is 2. The molecule has 1 N–H and O–H groups in total. The van der Waals surface area contributed by atoms with Gasteiger partial charge < -0.3 is 4.74 Å². The number of para-hydroxylation sites is 2. The highest BCUT2D eigenvalue weighted by molar-refractivity contribution is 6.31. The maximum Gasteiger partial charge on any atom is 0.265 e. The summed E-state index contributed by atoms with van der Waals surface area (Å²) in [5.74, 6) is -0.0932. The van der Waals surface area contributed by atoms with Crippen LogP contribution < -0.4 is 15.1 Å². The van der Waals surface area contributed by atoms with Crippen molar-refractivity contribution in [3.8, 4) is 5.75 Å². The first-order chi connectivity index (χ1) is 12.0. The number of halogens is 1. The van der Waals surface area contributed by atoms with Crippen LogP contribution in [0.15, 0.2) is 53.6 Å². The van der Waals surface area contributed by atoms with Crippen molar-refractivity contribution in [2.24, 2.45) is 5.10 Å². The van der Waals surface area contributed by atoms with Crippen molar-refractivity contribution >= 4 is 34.8 Å². The Balaban J connectivity index is 1.69. The van der Waals surface area contributed by atoms with Crippen LogP contribution in [0, 0.1) is 0 Å². The van der Waals surface area contributed by atoms with E-state index in [0.717, 1.165) is 5.56 Å². The highest BCUT2D eigenvalue weighted by atomic mass is 35.5. The van der Waals surface area contributed by atoms with E-state index in [-0.39, 0.29) is 19.1 Å². The first kappa shape index (κ1) is 17.0. The van der Waals surface area contributed by atoms with Gasteiger partial charge >= 0.3 is 0 Å². The van der Waals surface area contributed by atoms with Gasteiger partial charge in [-0.1, -0.05) is 35.9 Å².